The lowest BCUT2D eigenvalue weighted by Gasteiger charge is -2.30. The molecule has 1 atom stereocenters. The van der Waals surface area contributed by atoms with E-state index in [1.165, 1.54) is 5.56 Å². The van der Waals surface area contributed by atoms with Gasteiger partial charge in [0.1, 0.15) is 0 Å². The first-order valence-corrected chi connectivity index (χ1v) is 8.05. The minimum Gasteiger partial charge on any atom is -0.371 e. The Balaban J connectivity index is 2.02. The van der Waals surface area contributed by atoms with Crippen molar-refractivity contribution in [1.29, 1.82) is 0 Å². The van der Waals surface area contributed by atoms with Crippen LogP contribution in [0.2, 0.25) is 0 Å². The van der Waals surface area contributed by atoms with Crippen molar-refractivity contribution in [1.82, 2.24) is 0 Å². The fourth-order valence-corrected chi connectivity index (χ4v) is 2.75. The average molecular weight is 309 g/mol. The van der Waals surface area contributed by atoms with Crippen molar-refractivity contribution >= 4 is 11.6 Å². The lowest BCUT2D eigenvalue weighted by atomic mass is 9.85. The number of hydrogen-bond donors (Lipinski definition) is 0. The Bertz CT molecular complexity index is 684. The molecular formula is C20H23NO2. The molecule has 2 aromatic rings. The van der Waals surface area contributed by atoms with E-state index in [-0.39, 0.29) is 17.4 Å². The maximum absolute atomic E-state index is 13.1. The molecule has 1 aliphatic heterocycles. The van der Waals surface area contributed by atoms with Crippen molar-refractivity contribution in [2.75, 3.05) is 18.1 Å². The van der Waals surface area contributed by atoms with Crippen LogP contribution < -0.4 is 4.90 Å². The first-order chi connectivity index (χ1) is 11.0. The summed E-state index contributed by atoms with van der Waals surface area (Å²) >= 11 is 0. The number of rotatable bonds is 4. The quantitative estimate of drug-likeness (QED) is 0.799. The third-order valence-corrected chi connectivity index (χ3v) is 4.06. The maximum atomic E-state index is 13.1. The SMILES string of the molecule is CC(C)(C)c1ccccc1N(CC1CO1)C(=O)c1ccccc1. The topological polar surface area (TPSA) is 32.8 Å². The van der Waals surface area contributed by atoms with Gasteiger partial charge in [-0.1, -0.05) is 57.2 Å². The van der Waals surface area contributed by atoms with E-state index in [0.29, 0.717) is 12.1 Å². The van der Waals surface area contributed by atoms with Crippen molar-refractivity contribution < 1.29 is 9.53 Å². The second kappa shape index (κ2) is 6.17. The van der Waals surface area contributed by atoms with Gasteiger partial charge < -0.3 is 9.64 Å². The van der Waals surface area contributed by atoms with Gasteiger partial charge in [-0.05, 0) is 29.2 Å². The summed E-state index contributed by atoms with van der Waals surface area (Å²) in [5, 5.41) is 0. The summed E-state index contributed by atoms with van der Waals surface area (Å²) in [5.74, 6) is 0.0257. The van der Waals surface area contributed by atoms with Gasteiger partial charge in [-0.3, -0.25) is 4.79 Å². The van der Waals surface area contributed by atoms with Crippen LogP contribution in [0.5, 0.6) is 0 Å². The number of benzene rings is 2. The van der Waals surface area contributed by atoms with Crippen molar-refractivity contribution in [3.05, 3.63) is 65.7 Å². The molecule has 0 N–H and O–H groups in total. The van der Waals surface area contributed by atoms with E-state index in [0.717, 1.165) is 12.3 Å². The standard InChI is InChI=1S/C20H23NO2/c1-20(2,3)17-11-7-8-12-18(17)21(13-16-14-23-16)19(22)15-9-5-4-6-10-15/h4-12,16H,13-14H2,1-3H3. The van der Waals surface area contributed by atoms with Gasteiger partial charge in [-0.15, -0.1) is 0 Å². The average Bonchev–Trinajstić information content (AvgIpc) is 3.36. The molecule has 1 saturated heterocycles. The number of carbonyl (C=O) groups excluding carboxylic acids is 1. The molecule has 1 unspecified atom stereocenters. The number of ether oxygens (including phenoxy) is 1. The van der Waals surface area contributed by atoms with Crippen molar-refractivity contribution in [3.8, 4) is 0 Å². The van der Waals surface area contributed by atoms with E-state index in [2.05, 4.69) is 26.8 Å². The summed E-state index contributed by atoms with van der Waals surface area (Å²) in [5.41, 5.74) is 2.82. The highest BCUT2D eigenvalue weighted by molar-refractivity contribution is 6.06. The Morgan fingerprint density at radius 3 is 2.30 bits per heavy atom. The van der Waals surface area contributed by atoms with Crippen LogP contribution in [0, 0.1) is 0 Å². The highest BCUT2D eigenvalue weighted by Gasteiger charge is 2.31. The van der Waals surface area contributed by atoms with E-state index in [9.17, 15) is 4.79 Å². The summed E-state index contributed by atoms with van der Waals surface area (Å²) in [6.45, 7) is 7.84. The van der Waals surface area contributed by atoms with Crippen LogP contribution in [-0.4, -0.2) is 25.2 Å². The molecule has 0 aliphatic carbocycles. The fraction of sp³-hybridized carbons (Fsp3) is 0.350. The lowest BCUT2D eigenvalue weighted by molar-refractivity contribution is 0.0984. The Kier molecular flexibility index (Phi) is 4.22. The maximum Gasteiger partial charge on any atom is 0.258 e. The summed E-state index contributed by atoms with van der Waals surface area (Å²) in [7, 11) is 0. The zero-order valence-electron chi connectivity index (χ0n) is 14.0. The molecule has 1 amide bonds. The molecule has 3 nitrogen and oxygen atoms in total. The summed E-state index contributed by atoms with van der Waals surface area (Å²) in [6, 6.07) is 17.6. The monoisotopic (exact) mass is 309 g/mol. The molecule has 0 spiro atoms. The summed E-state index contributed by atoms with van der Waals surface area (Å²) < 4.78 is 5.38. The molecule has 1 fully saturated rings. The zero-order chi connectivity index (χ0) is 16.4. The van der Waals surface area contributed by atoms with Gasteiger partial charge in [-0.2, -0.15) is 0 Å². The molecule has 0 saturated carbocycles. The Morgan fingerprint density at radius 2 is 1.70 bits per heavy atom. The molecule has 2 aromatic carbocycles. The molecule has 0 aromatic heterocycles. The normalized spacial score (nSPS) is 16.9. The number of amides is 1. The third-order valence-electron chi connectivity index (χ3n) is 4.06. The Hall–Kier alpha value is -2.13. The molecule has 0 bridgehead atoms. The van der Waals surface area contributed by atoms with Crippen LogP contribution >= 0.6 is 0 Å². The van der Waals surface area contributed by atoms with Crippen LogP contribution in [-0.2, 0) is 10.2 Å². The second-order valence-corrected chi connectivity index (χ2v) is 7.00. The van der Waals surface area contributed by atoms with Gasteiger partial charge in [-0.25, -0.2) is 0 Å². The number of epoxide rings is 1. The molecule has 1 heterocycles. The van der Waals surface area contributed by atoms with Gasteiger partial charge in [0.2, 0.25) is 0 Å². The Morgan fingerprint density at radius 1 is 1.09 bits per heavy atom. The van der Waals surface area contributed by atoms with Crippen LogP contribution in [0.1, 0.15) is 36.7 Å². The first-order valence-electron chi connectivity index (χ1n) is 8.05. The van der Waals surface area contributed by atoms with Crippen molar-refractivity contribution in [2.45, 2.75) is 32.3 Å². The highest BCUT2D eigenvalue weighted by atomic mass is 16.6. The fourth-order valence-electron chi connectivity index (χ4n) is 2.75. The second-order valence-electron chi connectivity index (χ2n) is 7.00. The predicted octanol–water partition coefficient (Wildman–Crippen LogP) is 4.03. The van der Waals surface area contributed by atoms with Gasteiger partial charge in [0.05, 0.1) is 19.3 Å². The molecule has 0 radical (unpaired) electrons. The number of carbonyl (C=O) groups is 1. The number of anilines is 1. The Labute approximate surface area is 137 Å². The molecular weight excluding hydrogens is 286 g/mol. The van der Waals surface area contributed by atoms with Gasteiger partial charge >= 0.3 is 0 Å². The number of para-hydroxylation sites is 1. The molecule has 120 valence electrons. The number of hydrogen-bond acceptors (Lipinski definition) is 2. The van der Waals surface area contributed by atoms with E-state index < -0.39 is 0 Å². The molecule has 1 aliphatic rings. The summed E-state index contributed by atoms with van der Waals surface area (Å²) in [6.07, 6.45) is 0.149. The first kappa shape index (κ1) is 15.8. The molecule has 23 heavy (non-hydrogen) atoms. The minimum absolute atomic E-state index is 0.0257. The lowest BCUT2D eigenvalue weighted by Crippen LogP contribution is -2.36. The van der Waals surface area contributed by atoms with E-state index >= 15 is 0 Å². The third kappa shape index (κ3) is 3.62. The van der Waals surface area contributed by atoms with Gasteiger partial charge in [0.25, 0.3) is 5.91 Å². The minimum atomic E-state index is -0.0315. The molecule has 3 heteroatoms. The highest BCUT2D eigenvalue weighted by Crippen LogP contribution is 2.33. The number of nitrogens with zero attached hydrogens (tertiary/aromatic N) is 1. The largest absolute Gasteiger partial charge is 0.371 e. The van der Waals surface area contributed by atoms with Crippen molar-refractivity contribution in [3.63, 3.8) is 0 Å². The van der Waals surface area contributed by atoms with Gasteiger partial charge in [0.15, 0.2) is 0 Å². The van der Waals surface area contributed by atoms with Gasteiger partial charge in [0, 0.05) is 11.3 Å². The smallest absolute Gasteiger partial charge is 0.258 e. The van der Waals surface area contributed by atoms with E-state index in [1.54, 1.807) is 0 Å². The van der Waals surface area contributed by atoms with Crippen molar-refractivity contribution in [2.24, 2.45) is 0 Å². The van der Waals surface area contributed by atoms with Crippen LogP contribution in [0.4, 0.5) is 5.69 Å². The summed E-state index contributed by atoms with van der Waals surface area (Å²) in [4.78, 5) is 14.9. The molecule has 3 rings (SSSR count). The van der Waals surface area contributed by atoms with E-state index in [4.69, 9.17) is 4.74 Å². The predicted molar refractivity (Wildman–Crippen MR) is 93.0 cm³/mol. The van der Waals surface area contributed by atoms with E-state index in [1.807, 2.05) is 53.4 Å². The van der Waals surface area contributed by atoms with Crippen LogP contribution in [0.3, 0.4) is 0 Å². The van der Waals surface area contributed by atoms with Crippen LogP contribution in [0.25, 0.3) is 0 Å². The zero-order valence-corrected chi connectivity index (χ0v) is 14.0. The van der Waals surface area contributed by atoms with Crippen LogP contribution in [0.15, 0.2) is 54.6 Å².